The Morgan fingerprint density at radius 2 is 1.08 bits per heavy atom. The fourth-order valence-electron chi connectivity index (χ4n) is 3.04. The van der Waals surface area contributed by atoms with Gasteiger partial charge in [-0.2, -0.15) is 4.31 Å². The molecule has 0 unspecified atom stereocenters. The number of nitrogens with zero attached hydrogens (tertiary/aromatic N) is 1. The minimum Gasteiger partial charge on any atom is -0.409 e. The van der Waals surface area contributed by atoms with Crippen LogP contribution >= 0.6 is 11.6 Å². The molecule has 0 saturated heterocycles. The number of rotatable bonds is 6. The van der Waals surface area contributed by atoms with E-state index in [0.717, 1.165) is 0 Å². The minimum atomic E-state index is -4.40. The van der Waals surface area contributed by atoms with Gasteiger partial charge in [-0.05, 0) is 72.8 Å². The van der Waals surface area contributed by atoms with Gasteiger partial charge in [0.25, 0.3) is 10.0 Å². The average molecular weight is 524 g/mol. The number of anilines is 1. The van der Waals surface area contributed by atoms with Gasteiger partial charge in [-0.25, -0.2) is 18.0 Å². The van der Waals surface area contributed by atoms with Gasteiger partial charge in [0.15, 0.2) is 0 Å². The lowest BCUT2D eigenvalue weighted by atomic mass is 10.3. The molecule has 0 aliphatic heterocycles. The van der Waals surface area contributed by atoms with E-state index in [1.807, 2.05) is 0 Å². The van der Waals surface area contributed by atoms with Crippen LogP contribution in [0.3, 0.4) is 0 Å². The van der Waals surface area contributed by atoms with E-state index in [9.17, 15) is 18.0 Å². The molecule has 10 heteroatoms. The van der Waals surface area contributed by atoms with Crippen molar-refractivity contribution in [3.63, 3.8) is 0 Å². The van der Waals surface area contributed by atoms with Crippen LogP contribution in [0.1, 0.15) is 0 Å². The number of amides is 1. The van der Waals surface area contributed by atoms with Crippen LogP contribution in [0.5, 0.6) is 17.2 Å². The maximum Gasteiger partial charge on any atom is 0.519 e. The van der Waals surface area contributed by atoms with Crippen LogP contribution in [-0.4, -0.2) is 20.7 Å². The Hall–Kier alpha value is -4.34. The Balaban J connectivity index is 1.60. The summed E-state index contributed by atoms with van der Waals surface area (Å²) < 4.78 is 42.8. The first-order valence-electron chi connectivity index (χ1n) is 10.5. The summed E-state index contributed by atoms with van der Waals surface area (Å²) in [6.45, 7) is 0. The van der Waals surface area contributed by atoms with Crippen molar-refractivity contribution < 1.29 is 32.2 Å². The highest BCUT2D eigenvalue weighted by Crippen LogP contribution is 2.28. The molecule has 0 heterocycles. The first-order chi connectivity index (χ1) is 17.3. The molecule has 0 bridgehead atoms. The van der Waals surface area contributed by atoms with Gasteiger partial charge in [0.05, 0.1) is 10.6 Å². The van der Waals surface area contributed by atoms with Crippen LogP contribution in [0, 0.1) is 0 Å². The van der Waals surface area contributed by atoms with Crippen LogP contribution in [0.2, 0.25) is 5.02 Å². The highest BCUT2D eigenvalue weighted by Gasteiger charge is 2.33. The zero-order valence-corrected chi connectivity index (χ0v) is 20.1. The van der Waals surface area contributed by atoms with Crippen LogP contribution in [-0.2, 0) is 10.0 Å². The topological polar surface area (TPSA) is 99.2 Å². The van der Waals surface area contributed by atoms with Crippen LogP contribution < -0.4 is 18.5 Å². The van der Waals surface area contributed by atoms with Gasteiger partial charge in [0.2, 0.25) is 0 Å². The second-order valence-corrected chi connectivity index (χ2v) is 9.39. The lowest BCUT2D eigenvalue weighted by Crippen LogP contribution is -2.39. The number of halogens is 1. The molecule has 0 saturated carbocycles. The zero-order valence-electron chi connectivity index (χ0n) is 18.5. The highest BCUT2D eigenvalue weighted by molar-refractivity contribution is 7.93. The number of carbonyl (C=O) groups excluding carboxylic acids is 2. The average Bonchev–Trinajstić information content (AvgIpc) is 2.86. The number of sulfonamides is 1. The van der Waals surface area contributed by atoms with E-state index in [1.54, 1.807) is 48.5 Å². The Bertz CT molecular complexity index is 1440. The number of ether oxygens (including phenoxy) is 3. The molecule has 0 radical (unpaired) electrons. The quantitative estimate of drug-likeness (QED) is 0.215. The summed E-state index contributed by atoms with van der Waals surface area (Å²) >= 11 is 5.89. The lowest BCUT2D eigenvalue weighted by molar-refractivity contribution is 0.152. The van der Waals surface area contributed by atoms with Gasteiger partial charge >= 0.3 is 12.2 Å². The molecular weight excluding hydrogens is 506 g/mol. The summed E-state index contributed by atoms with van der Waals surface area (Å²) in [6, 6.07) is 26.9. The molecule has 0 aromatic heterocycles. The number of carbonyl (C=O) groups is 2. The first-order valence-corrected chi connectivity index (χ1v) is 12.3. The molecule has 0 atom stereocenters. The second-order valence-electron chi connectivity index (χ2n) is 7.17. The highest BCUT2D eigenvalue weighted by atomic mass is 35.5. The molecule has 4 rings (SSSR count). The molecule has 0 N–H and O–H groups in total. The predicted molar refractivity (Wildman–Crippen MR) is 133 cm³/mol. The van der Waals surface area contributed by atoms with E-state index < -0.39 is 22.3 Å². The standard InChI is InChI=1S/C26H18ClNO7S/c27-19-11-17-24(18-12-19)36(31,32)28(25(29)33-21-7-3-1-4-8-21)20-13-15-23(16-14-20)35-26(30)34-22-9-5-2-6-10-22/h1-18H. The summed E-state index contributed by atoms with van der Waals surface area (Å²) in [5.41, 5.74) is -0.0466. The summed E-state index contributed by atoms with van der Waals surface area (Å²) in [5, 5.41) is 0.330. The molecule has 1 amide bonds. The summed E-state index contributed by atoms with van der Waals surface area (Å²) in [6.07, 6.45) is -2.14. The fraction of sp³-hybridized carbons (Fsp3) is 0. The third-order valence-electron chi connectivity index (χ3n) is 4.68. The smallest absolute Gasteiger partial charge is 0.409 e. The van der Waals surface area contributed by atoms with Crippen LogP contribution in [0.15, 0.2) is 114 Å². The molecule has 4 aromatic rings. The molecule has 36 heavy (non-hydrogen) atoms. The van der Waals surface area contributed by atoms with Crippen LogP contribution in [0.4, 0.5) is 15.3 Å². The van der Waals surface area contributed by atoms with E-state index in [0.29, 0.717) is 15.1 Å². The van der Waals surface area contributed by atoms with Crippen molar-refractivity contribution in [1.29, 1.82) is 0 Å². The van der Waals surface area contributed by atoms with Crippen molar-refractivity contribution in [3.8, 4) is 17.2 Å². The van der Waals surface area contributed by atoms with E-state index in [-0.39, 0.29) is 22.1 Å². The van der Waals surface area contributed by atoms with Crippen molar-refractivity contribution >= 4 is 39.6 Å². The summed E-state index contributed by atoms with van der Waals surface area (Å²) in [7, 11) is -4.40. The molecule has 8 nitrogen and oxygen atoms in total. The molecular formula is C26H18ClNO7S. The maximum atomic E-state index is 13.4. The third kappa shape index (κ3) is 6.01. The van der Waals surface area contributed by atoms with E-state index in [1.165, 1.54) is 60.7 Å². The van der Waals surface area contributed by atoms with Gasteiger partial charge in [-0.3, -0.25) is 0 Å². The monoisotopic (exact) mass is 523 g/mol. The van der Waals surface area contributed by atoms with E-state index in [2.05, 4.69) is 0 Å². The molecule has 182 valence electrons. The van der Waals surface area contributed by atoms with Gasteiger partial charge in [-0.1, -0.05) is 48.0 Å². The number of benzene rings is 4. The summed E-state index contributed by atoms with van der Waals surface area (Å²) in [4.78, 5) is 24.9. The van der Waals surface area contributed by atoms with Gasteiger partial charge in [0, 0.05) is 5.02 Å². The fourth-order valence-corrected chi connectivity index (χ4v) is 4.49. The van der Waals surface area contributed by atoms with Crippen LogP contribution in [0.25, 0.3) is 0 Å². The lowest BCUT2D eigenvalue weighted by Gasteiger charge is -2.22. The predicted octanol–water partition coefficient (Wildman–Crippen LogP) is 6.31. The molecule has 0 aliphatic carbocycles. The van der Waals surface area contributed by atoms with Crippen molar-refractivity contribution in [2.24, 2.45) is 0 Å². The Morgan fingerprint density at radius 1 is 0.611 bits per heavy atom. The number of hydrogen-bond acceptors (Lipinski definition) is 7. The Kier molecular flexibility index (Phi) is 7.53. The molecule has 0 spiro atoms. The first kappa shape index (κ1) is 24.8. The molecule has 4 aromatic carbocycles. The summed E-state index contributed by atoms with van der Waals surface area (Å²) in [5.74, 6) is 0.519. The van der Waals surface area contributed by atoms with Crippen molar-refractivity contribution in [2.45, 2.75) is 4.90 Å². The van der Waals surface area contributed by atoms with Gasteiger partial charge in [-0.15, -0.1) is 0 Å². The van der Waals surface area contributed by atoms with Crippen molar-refractivity contribution in [2.75, 3.05) is 4.31 Å². The number of para-hydroxylation sites is 2. The SMILES string of the molecule is O=C(Oc1ccccc1)Oc1ccc(N(C(=O)Oc2ccccc2)S(=O)(=O)c2ccc(Cl)cc2)cc1. The van der Waals surface area contributed by atoms with Crippen molar-refractivity contribution in [3.05, 3.63) is 114 Å². The third-order valence-corrected chi connectivity index (χ3v) is 6.64. The molecule has 0 aliphatic rings. The maximum absolute atomic E-state index is 13.4. The van der Waals surface area contributed by atoms with E-state index >= 15 is 0 Å². The molecule has 0 fully saturated rings. The number of hydrogen-bond donors (Lipinski definition) is 0. The second kappa shape index (κ2) is 10.9. The largest absolute Gasteiger partial charge is 0.519 e. The van der Waals surface area contributed by atoms with Gasteiger partial charge in [0.1, 0.15) is 17.2 Å². The normalized spacial score (nSPS) is 10.8. The van der Waals surface area contributed by atoms with Gasteiger partial charge < -0.3 is 14.2 Å². The van der Waals surface area contributed by atoms with Crippen molar-refractivity contribution in [1.82, 2.24) is 0 Å². The minimum absolute atomic E-state index is 0.0466. The Labute approximate surface area is 212 Å². The Morgan fingerprint density at radius 3 is 1.61 bits per heavy atom. The zero-order chi connectivity index (χ0) is 25.5. The van der Waals surface area contributed by atoms with E-state index in [4.69, 9.17) is 25.8 Å².